The SMILES string of the molecule is CCOC(=O)C1CCC(NCCCN(C)Cc2ccccc2)CC1. The monoisotopic (exact) mass is 332 g/mol. The van der Waals surface area contributed by atoms with Crippen LogP contribution in [0.15, 0.2) is 30.3 Å². The molecule has 24 heavy (non-hydrogen) atoms. The van der Waals surface area contributed by atoms with Crippen LogP contribution in [0.5, 0.6) is 0 Å². The summed E-state index contributed by atoms with van der Waals surface area (Å²) in [6, 6.07) is 11.2. The van der Waals surface area contributed by atoms with Crippen LogP contribution < -0.4 is 5.32 Å². The van der Waals surface area contributed by atoms with Crippen LogP contribution in [-0.4, -0.2) is 43.7 Å². The maximum absolute atomic E-state index is 11.7. The van der Waals surface area contributed by atoms with E-state index in [9.17, 15) is 4.79 Å². The Bertz CT molecular complexity index is 470. The van der Waals surface area contributed by atoms with E-state index in [0.29, 0.717) is 12.6 Å². The molecule has 1 aromatic rings. The van der Waals surface area contributed by atoms with Crippen molar-refractivity contribution in [3.63, 3.8) is 0 Å². The third-order valence-electron chi connectivity index (χ3n) is 4.79. The van der Waals surface area contributed by atoms with Gasteiger partial charge in [-0.1, -0.05) is 30.3 Å². The third-order valence-corrected chi connectivity index (χ3v) is 4.79. The van der Waals surface area contributed by atoms with Crippen molar-refractivity contribution in [1.82, 2.24) is 10.2 Å². The van der Waals surface area contributed by atoms with Crippen LogP contribution >= 0.6 is 0 Å². The summed E-state index contributed by atoms with van der Waals surface area (Å²) in [6.45, 7) is 5.52. The molecule has 1 fully saturated rings. The fourth-order valence-corrected chi connectivity index (χ4v) is 3.42. The lowest BCUT2D eigenvalue weighted by atomic mass is 9.86. The zero-order valence-corrected chi connectivity index (χ0v) is 15.2. The molecule has 4 nitrogen and oxygen atoms in total. The van der Waals surface area contributed by atoms with E-state index < -0.39 is 0 Å². The average Bonchev–Trinajstić information content (AvgIpc) is 2.60. The predicted octanol–water partition coefficient (Wildman–Crippen LogP) is 3.22. The van der Waals surface area contributed by atoms with Gasteiger partial charge in [-0.25, -0.2) is 0 Å². The van der Waals surface area contributed by atoms with E-state index in [1.165, 1.54) is 5.56 Å². The maximum atomic E-state index is 11.7. The summed E-state index contributed by atoms with van der Waals surface area (Å²) in [5.41, 5.74) is 1.37. The molecule has 1 aromatic carbocycles. The minimum atomic E-state index is -0.00140. The molecule has 0 saturated heterocycles. The number of hydrogen-bond acceptors (Lipinski definition) is 4. The molecule has 1 aliphatic carbocycles. The van der Waals surface area contributed by atoms with Crippen molar-refractivity contribution >= 4 is 5.97 Å². The summed E-state index contributed by atoms with van der Waals surface area (Å²) < 4.78 is 5.13. The van der Waals surface area contributed by atoms with Crippen LogP contribution in [0.2, 0.25) is 0 Å². The molecule has 0 radical (unpaired) electrons. The number of carbonyl (C=O) groups is 1. The van der Waals surface area contributed by atoms with Gasteiger partial charge in [0.05, 0.1) is 12.5 Å². The van der Waals surface area contributed by atoms with Crippen molar-refractivity contribution in [2.24, 2.45) is 5.92 Å². The minimum Gasteiger partial charge on any atom is -0.466 e. The number of nitrogens with zero attached hydrogens (tertiary/aromatic N) is 1. The van der Waals surface area contributed by atoms with Crippen LogP contribution in [0.1, 0.15) is 44.6 Å². The first-order valence-electron chi connectivity index (χ1n) is 9.31. The van der Waals surface area contributed by atoms with Crippen LogP contribution in [-0.2, 0) is 16.1 Å². The van der Waals surface area contributed by atoms with Gasteiger partial charge in [-0.3, -0.25) is 4.79 Å². The van der Waals surface area contributed by atoms with E-state index in [1.807, 2.05) is 6.92 Å². The Balaban J connectivity index is 1.54. The van der Waals surface area contributed by atoms with E-state index in [1.54, 1.807) is 0 Å². The Morgan fingerprint density at radius 2 is 1.92 bits per heavy atom. The minimum absolute atomic E-state index is 0.00140. The van der Waals surface area contributed by atoms with Crippen molar-refractivity contribution in [3.8, 4) is 0 Å². The highest BCUT2D eigenvalue weighted by Gasteiger charge is 2.26. The average molecular weight is 332 g/mol. The van der Waals surface area contributed by atoms with Gasteiger partial charge in [0.15, 0.2) is 0 Å². The first-order chi connectivity index (χ1) is 11.7. The molecular weight excluding hydrogens is 300 g/mol. The highest BCUT2D eigenvalue weighted by molar-refractivity contribution is 5.72. The predicted molar refractivity (Wildman–Crippen MR) is 97.8 cm³/mol. The second-order valence-electron chi connectivity index (χ2n) is 6.83. The molecule has 0 aromatic heterocycles. The number of rotatable bonds is 9. The van der Waals surface area contributed by atoms with Crippen molar-refractivity contribution in [3.05, 3.63) is 35.9 Å². The first kappa shape index (κ1) is 18.9. The molecule has 0 heterocycles. The standard InChI is InChI=1S/C20H32N2O2/c1-3-24-20(23)18-10-12-19(13-11-18)21-14-7-15-22(2)16-17-8-5-4-6-9-17/h4-6,8-9,18-19,21H,3,7,10-16H2,1-2H3. The second kappa shape index (κ2) is 10.5. The molecule has 0 atom stereocenters. The Morgan fingerprint density at radius 1 is 1.21 bits per heavy atom. The number of benzene rings is 1. The Hall–Kier alpha value is -1.39. The van der Waals surface area contributed by atoms with Crippen LogP contribution in [0.3, 0.4) is 0 Å². The number of nitrogens with one attached hydrogen (secondary N) is 1. The van der Waals surface area contributed by atoms with Crippen LogP contribution in [0.25, 0.3) is 0 Å². The molecule has 1 N–H and O–H groups in total. The van der Waals surface area contributed by atoms with E-state index >= 15 is 0 Å². The topological polar surface area (TPSA) is 41.6 Å². The van der Waals surface area contributed by atoms with Crippen LogP contribution in [0.4, 0.5) is 0 Å². The van der Waals surface area contributed by atoms with Gasteiger partial charge >= 0.3 is 5.97 Å². The molecule has 4 heteroatoms. The molecule has 2 rings (SSSR count). The van der Waals surface area contributed by atoms with Gasteiger partial charge in [-0.2, -0.15) is 0 Å². The van der Waals surface area contributed by atoms with Gasteiger partial charge in [0.25, 0.3) is 0 Å². The van der Waals surface area contributed by atoms with Gasteiger partial charge in [0.2, 0.25) is 0 Å². The lowest BCUT2D eigenvalue weighted by Crippen LogP contribution is -2.36. The quantitative estimate of drug-likeness (QED) is 0.557. The van der Waals surface area contributed by atoms with Gasteiger partial charge < -0.3 is 15.0 Å². The van der Waals surface area contributed by atoms with Crippen molar-refractivity contribution in [2.45, 2.75) is 51.6 Å². The maximum Gasteiger partial charge on any atom is 0.308 e. The van der Waals surface area contributed by atoms with Gasteiger partial charge in [-0.15, -0.1) is 0 Å². The highest BCUT2D eigenvalue weighted by atomic mass is 16.5. The molecule has 134 valence electrons. The van der Waals surface area contributed by atoms with Crippen LogP contribution in [0, 0.1) is 5.92 Å². The molecule has 0 unspecified atom stereocenters. The molecule has 0 spiro atoms. The van der Waals surface area contributed by atoms with Gasteiger partial charge in [-0.05, 0) is 64.7 Å². The summed E-state index contributed by atoms with van der Waals surface area (Å²) in [5.74, 6) is 0.124. The summed E-state index contributed by atoms with van der Waals surface area (Å²) in [7, 11) is 2.18. The van der Waals surface area contributed by atoms with E-state index in [-0.39, 0.29) is 11.9 Å². The Morgan fingerprint density at radius 3 is 2.58 bits per heavy atom. The number of carbonyl (C=O) groups excluding carboxylic acids is 1. The Labute approximate surface area is 146 Å². The summed E-state index contributed by atoms with van der Waals surface area (Å²) in [6.07, 6.45) is 5.25. The Kier molecular flexibility index (Phi) is 8.26. The first-order valence-corrected chi connectivity index (χ1v) is 9.31. The summed E-state index contributed by atoms with van der Waals surface area (Å²) in [4.78, 5) is 14.1. The lowest BCUT2D eigenvalue weighted by molar-refractivity contribution is -0.149. The van der Waals surface area contributed by atoms with Crippen molar-refractivity contribution < 1.29 is 9.53 Å². The molecular formula is C20H32N2O2. The smallest absolute Gasteiger partial charge is 0.308 e. The third kappa shape index (κ3) is 6.62. The highest BCUT2D eigenvalue weighted by Crippen LogP contribution is 2.25. The molecule has 0 bridgehead atoms. The largest absolute Gasteiger partial charge is 0.466 e. The normalized spacial score (nSPS) is 21.0. The molecule has 1 saturated carbocycles. The second-order valence-corrected chi connectivity index (χ2v) is 6.83. The zero-order valence-electron chi connectivity index (χ0n) is 15.2. The molecule has 1 aliphatic rings. The van der Waals surface area contributed by atoms with E-state index in [4.69, 9.17) is 4.74 Å². The molecule has 0 amide bonds. The summed E-state index contributed by atoms with van der Waals surface area (Å²) in [5, 5.41) is 3.65. The molecule has 0 aliphatic heterocycles. The number of esters is 1. The number of hydrogen-bond donors (Lipinski definition) is 1. The van der Waals surface area contributed by atoms with Gasteiger partial charge in [0, 0.05) is 12.6 Å². The summed E-state index contributed by atoms with van der Waals surface area (Å²) >= 11 is 0. The van der Waals surface area contributed by atoms with E-state index in [2.05, 4.69) is 47.6 Å². The zero-order chi connectivity index (χ0) is 17.2. The lowest BCUT2D eigenvalue weighted by Gasteiger charge is -2.28. The van der Waals surface area contributed by atoms with Crippen molar-refractivity contribution in [2.75, 3.05) is 26.7 Å². The fraction of sp³-hybridized carbons (Fsp3) is 0.650. The van der Waals surface area contributed by atoms with Gasteiger partial charge in [0.1, 0.15) is 0 Å². The van der Waals surface area contributed by atoms with E-state index in [0.717, 1.165) is 51.7 Å². The van der Waals surface area contributed by atoms with Crippen molar-refractivity contribution in [1.29, 1.82) is 0 Å². The fourth-order valence-electron chi connectivity index (χ4n) is 3.42. The number of ether oxygens (including phenoxy) is 1.